The number of piperidine rings is 1. The highest BCUT2D eigenvalue weighted by Gasteiger charge is 2.26. The van der Waals surface area contributed by atoms with Crippen molar-refractivity contribution in [3.63, 3.8) is 0 Å². The van der Waals surface area contributed by atoms with Gasteiger partial charge in [0, 0.05) is 45.6 Å². The number of carbonyl (C=O) groups is 2. The summed E-state index contributed by atoms with van der Waals surface area (Å²) in [5.74, 6) is 0.665. The predicted octanol–water partition coefficient (Wildman–Crippen LogP) is 1.64. The Labute approximate surface area is 186 Å². The van der Waals surface area contributed by atoms with Crippen LogP contribution in [0.3, 0.4) is 0 Å². The lowest BCUT2D eigenvalue weighted by atomic mass is 10.1. The first-order valence-corrected chi connectivity index (χ1v) is 12.6. The van der Waals surface area contributed by atoms with Gasteiger partial charge in [0.05, 0.1) is 10.6 Å². The molecule has 2 aromatic rings. The van der Waals surface area contributed by atoms with Gasteiger partial charge >= 0.3 is 0 Å². The van der Waals surface area contributed by atoms with Crippen LogP contribution in [0.1, 0.15) is 42.4 Å². The summed E-state index contributed by atoms with van der Waals surface area (Å²) >= 11 is 1.27. The molecule has 0 saturated carbocycles. The maximum atomic E-state index is 12.7. The van der Waals surface area contributed by atoms with Crippen LogP contribution in [0.25, 0.3) is 0 Å². The third-order valence-electron chi connectivity index (χ3n) is 5.11. The van der Waals surface area contributed by atoms with E-state index >= 15 is 0 Å². The zero-order chi connectivity index (χ0) is 22.4. The first-order valence-electron chi connectivity index (χ1n) is 10.2. The van der Waals surface area contributed by atoms with Crippen LogP contribution in [0.5, 0.6) is 0 Å². The highest BCUT2D eigenvalue weighted by molar-refractivity contribution is 7.99. The van der Waals surface area contributed by atoms with Gasteiger partial charge in [-0.1, -0.05) is 30.3 Å². The summed E-state index contributed by atoms with van der Waals surface area (Å²) in [6, 6.07) is 6.14. The molecule has 0 atom stereocenters. The fraction of sp³-hybridized carbons (Fsp3) is 0.500. The van der Waals surface area contributed by atoms with Gasteiger partial charge in [0.2, 0.25) is 15.9 Å². The molecule has 1 saturated heterocycles. The summed E-state index contributed by atoms with van der Waals surface area (Å²) in [5.41, 5.74) is 0.457. The molecule has 0 bridgehead atoms. The van der Waals surface area contributed by atoms with E-state index in [0.29, 0.717) is 36.8 Å². The molecular formula is C20H27N5O4S2. The molecular weight excluding hydrogens is 438 g/mol. The second-order valence-corrected chi connectivity index (χ2v) is 10.3. The van der Waals surface area contributed by atoms with Gasteiger partial charge in [-0.15, -0.1) is 10.2 Å². The molecule has 31 heavy (non-hydrogen) atoms. The number of nitrogens with zero attached hydrogens (tertiary/aromatic N) is 4. The van der Waals surface area contributed by atoms with E-state index < -0.39 is 10.0 Å². The van der Waals surface area contributed by atoms with E-state index in [1.807, 2.05) is 7.05 Å². The van der Waals surface area contributed by atoms with Crippen molar-refractivity contribution in [1.29, 1.82) is 0 Å². The van der Waals surface area contributed by atoms with Gasteiger partial charge in [-0.05, 0) is 25.0 Å². The van der Waals surface area contributed by atoms with Crippen LogP contribution < -0.4 is 5.32 Å². The molecule has 1 aromatic heterocycles. The van der Waals surface area contributed by atoms with Gasteiger partial charge < -0.3 is 9.88 Å². The van der Waals surface area contributed by atoms with Crippen molar-refractivity contribution in [1.82, 2.24) is 24.4 Å². The lowest BCUT2D eigenvalue weighted by Gasteiger charge is -2.25. The van der Waals surface area contributed by atoms with Crippen molar-refractivity contribution < 1.29 is 18.0 Å². The Kier molecular flexibility index (Phi) is 7.84. The van der Waals surface area contributed by atoms with Gasteiger partial charge in [-0.2, -0.15) is 4.31 Å². The van der Waals surface area contributed by atoms with Crippen molar-refractivity contribution in [3.8, 4) is 0 Å². The molecule has 1 aromatic carbocycles. The zero-order valence-electron chi connectivity index (χ0n) is 17.7. The molecule has 3 rings (SSSR count). The number of nitrogens with one attached hydrogen (secondary N) is 1. The van der Waals surface area contributed by atoms with E-state index in [1.54, 1.807) is 16.7 Å². The summed E-state index contributed by atoms with van der Waals surface area (Å²) in [5, 5.41) is 11.5. The molecule has 168 valence electrons. The molecule has 1 fully saturated rings. The molecule has 1 aliphatic rings. The number of ketones is 1. The zero-order valence-corrected chi connectivity index (χ0v) is 19.3. The quantitative estimate of drug-likeness (QED) is 0.442. The van der Waals surface area contributed by atoms with Gasteiger partial charge in [0.1, 0.15) is 5.82 Å². The van der Waals surface area contributed by atoms with E-state index in [-0.39, 0.29) is 22.3 Å². The van der Waals surface area contributed by atoms with Crippen LogP contribution in [0.4, 0.5) is 0 Å². The smallest absolute Gasteiger partial charge is 0.243 e. The Morgan fingerprint density at radius 1 is 1.10 bits per heavy atom. The topological polar surface area (TPSA) is 114 Å². The molecule has 11 heteroatoms. The van der Waals surface area contributed by atoms with E-state index in [1.165, 1.54) is 35.1 Å². The van der Waals surface area contributed by atoms with Gasteiger partial charge in [-0.3, -0.25) is 9.59 Å². The summed E-state index contributed by atoms with van der Waals surface area (Å²) in [4.78, 5) is 23.7. The predicted molar refractivity (Wildman–Crippen MR) is 117 cm³/mol. The molecule has 0 aliphatic carbocycles. The van der Waals surface area contributed by atoms with Crippen LogP contribution in [-0.2, 0) is 28.3 Å². The first-order chi connectivity index (χ1) is 14.8. The van der Waals surface area contributed by atoms with Gasteiger partial charge in [-0.25, -0.2) is 8.42 Å². The monoisotopic (exact) mass is 465 g/mol. The Balaban J connectivity index is 1.58. The van der Waals surface area contributed by atoms with E-state index in [9.17, 15) is 18.0 Å². The van der Waals surface area contributed by atoms with E-state index in [4.69, 9.17) is 0 Å². The lowest BCUT2D eigenvalue weighted by molar-refractivity contribution is -0.118. The Morgan fingerprint density at radius 2 is 1.77 bits per heavy atom. The Hall–Kier alpha value is -2.24. The number of hydrogen-bond acceptors (Lipinski definition) is 7. The third kappa shape index (κ3) is 5.92. The average Bonchev–Trinajstić information content (AvgIpc) is 3.12. The number of aromatic nitrogens is 3. The minimum atomic E-state index is -3.51. The van der Waals surface area contributed by atoms with Crippen molar-refractivity contribution in [3.05, 3.63) is 35.7 Å². The Bertz CT molecular complexity index is 1030. The second kappa shape index (κ2) is 10.4. The molecule has 1 amide bonds. The third-order valence-corrected chi connectivity index (χ3v) is 8.04. The fourth-order valence-corrected chi connectivity index (χ4v) is 5.66. The van der Waals surface area contributed by atoms with Crippen LogP contribution >= 0.6 is 11.8 Å². The van der Waals surface area contributed by atoms with Crippen molar-refractivity contribution in [2.24, 2.45) is 7.05 Å². The van der Waals surface area contributed by atoms with Gasteiger partial charge in [0.15, 0.2) is 10.9 Å². The van der Waals surface area contributed by atoms with Crippen molar-refractivity contribution >= 4 is 33.5 Å². The van der Waals surface area contributed by atoms with Crippen LogP contribution in [0.15, 0.2) is 34.3 Å². The second-order valence-electron chi connectivity index (χ2n) is 7.39. The number of hydrogen-bond donors (Lipinski definition) is 1. The Morgan fingerprint density at radius 3 is 2.42 bits per heavy atom. The standard InChI is InChI=1S/C20H27N5O4S2/c1-15(26)21-11-10-19-22-23-20(24(19)2)30-14-18(27)16-6-8-17(9-7-16)31(28,29)25-12-4-3-5-13-25/h6-9H,3-5,10-14H2,1-2H3,(H,21,26). The SMILES string of the molecule is CC(=O)NCCc1nnc(SCC(=O)c2ccc(S(=O)(=O)N3CCCCC3)cc2)n1C. The van der Waals surface area contributed by atoms with E-state index in [0.717, 1.165) is 25.1 Å². The summed E-state index contributed by atoms with van der Waals surface area (Å²) in [6.45, 7) is 3.02. The summed E-state index contributed by atoms with van der Waals surface area (Å²) in [7, 11) is -1.69. The largest absolute Gasteiger partial charge is 0.356 e. The molecule has 1 N–H and O–H groups in total. The van der Waals surface area contributed by atoms with Crippen molar-refractivity contribution in [2.45, 2.75) is 42.7 Å². The maximum Gasteiger partial charge on any atom is 0.243 e. The highest BCUT2D eigenvalue weighted by atomic mass is 32.2. The van der Waals surface area contributed by atoms with Gasteiger partial charge in [0.25, 0.3) is 0 Å². The van der Waals surface area contributed by atoms with Crippen LogP contribution in [-0.4, -0.2) is 64.6 Å². The van der Waals surface area contributed by atoms with Crippen LogP contribution in [0, 0.1) is 0 Å². The summed E-state index contributed by atoms with van der Waals surface area (Å²) in [6.07, 6.45) is 3.36. The molecule has 0 radical (unpaired) electrons. The molecule has 2 heterocycles. The number of amides is 1. The number of sulfonamides is 1. The van der Waals surface area contributed by atoms with E-state index in [2.05, 4.69) is 15.5 Å². The average molecular weight is 466 g/mol. The molecule has 1 aliphatic heterocycles. The summed E-state index contributed by atoms with van der Waals surface area (Å²) < 4.78 is 28.8. The minimum Gasteiger partial charge on any atom is -0.356 e. The van der Waals surface area contributed by atoms with Crippen molar-refractivity contribution in [2.75, 3.05) is 25.4 Å². The number of Topliss-reactive ketones (excluding diaryl/α,β-unsaturated/α-hetero) is 1. The fourth-order valence-electron chi connectivity index (χ4n) is 3.32. The lowest BCUT2D eigenvalue weighted by Crippen LogP contribution is -2.35. The number of rotatable bonds is 9. The maximum absolute atomic E-state index is 12.7. The highest BCUT2D eigenvalue weighted by Crippen LogP contribution is 2.22. The minimum absolute atomic E-state index is 0.0999. The molecule has 0 unspecified atom stereocenters. The number of carbonyl (C=O) groups excluding carboxylic acids is 2. The normalized spacial score (nSPS) is 15.0. The number of benzene rings is 1. The molecule has 0 spiro atoms. The van der Waals surface area contributed by atoms with Crippen LogP contribution in [0.2, 0.25) is 0 Å². The number of thioether (sulfide) groups is 1. The first kappa shape index (κ1) is 23.4. The molecule has 9 nitrogen and oxygen atoms in total.